The van der Waals surface area contributed by atoms with Gasteiger partial charge in [0.1, 0.15) is 11.6 Å². The molecule has 12 heteroatoms. The van der Waals surface area contributed by atoms with Crippen LogP contribution in [0.5, 0.6) is 0 Å². The van der Waals surface area contributed by atoms with Crippen LogP contribution < -0.4 is 11.1 Å². The van der Waals surface area contributed by atoms with Crippen molar-refractivity contribution in [3.8, 4) is 0 Å². The number of carbonyl (C=O) groups excluding carboxylic acids is 2. The van der Waals surface area contributed by atoms with Gasteiger partial charge in [-0.3, -0.25) is 14.9 Å². The first-order chi connectivity index (χ1) is 14.1. The molecule has 2 saturated heterocycles. The zero-order chi connectivity index (χ0) is 22.5. The van der Waals surface area contributed by atoms with Crippen molar-refractivity contribution in [1.82, 2.24) is 10.2 Å². The van der Waals surface area contributed by atoms with Gasteiger partial charge in [-0.15, -0.1) is 0 Å². The summed E-state index contributed by atoms with van der Waals surface area (Å²) in [5.41, 5.74) is 4.51. The third-order valence-corrected chi connectivity index (χ3v) is 6.08. The quantitative estimate of drug-likeness (QED) is 0.130. The van der Waals surface area contributed by atoms with Crippen molar-refractivity contribution < 1.29 is 39.0 Å². The Hall–Kier alpha value is -1.89. The van der Waals surface area contributed by atoms with Crippen molar-refractivity contribution in [3.05, 3.63) is 0 Å². The Balaban J connectivity index is 1.90. The van der Waals surface area contributed by atoms with Crippen LogP contribution in [0.4, 0.5) is 4.79 Å². The minimum absolute atomic E-state index is 0.109. The Morgan fingerprint density at radius 3 is 2.57 bits per heavy atom. The lowest BCUT2D eigenvalue weighted by Gasteiger charge is -2.30. The van der Waals surface area contributed by atoms with Crippen molar-refractivity contribution in [1.29, 1.82) is 0 Å². The van der Waals surface area contributed by atoms with E-state index >= 15 is 0 Å². The molecule has 0 saturated carbocycles. The number of nitrogens with two attached hydrogens (primary N) is 1. The zero-order valence-corrected chi connectivity index (χ0v) is 17.5. The van der Waals surface area contributed by atoms with Gasteiger partial charge >= 0.3 is 25.2 Å². The van der Waals surface area contributed by atoms with Crippen molar-refractivity contribution in [2.75, 3.05) is 19.9 Å². The highest BCUT2D eigenvalue weighted by molar-refractivity contribution is 6.40. The number of fused-ring (bicyclic) bond motifs is 1. The summed E-state index contributed by atoms with van der Waals surface area (Å²) in [6.45, 7) is 3.66. The van der Waals surface area contributed by atoms with E-state index in [1.54, 1.807) is 13.8 Å². The van der Waals surface area contributed by atoms with Crippen LogP contribution in [0, 0.1) is 11.8 Å². The Kier molecular flexibility index (Phi) is 8.47. The number of unbranched alkanes of at least 4 members (excludes halogenated alkanes) is 1. The topological polar surface area (TPSA) is 172 Å². The lowest BCUT2D eigenvalue weighted by Crippen LogP contribution is -2.52. The summed E-state index contributed by atoms with van der Waals surface area (Å²) in [5.74, 6) is -2.04. The molecule has 1 unspecified atom stereocenters. The van der Waals surface area contributed by atoms with E-state index in [2.05, 4.69) is 5.32 Å². The van der Waals surface area contributed by atoms with Gasteiger partial charge in [0.2, 0.25) is 6.79 Å². The van der Waals surface area contributed by atoms with Gasteiger partial charge in [-0.1, -0.05) is 26.7 Å². The molecule has 11 nitrogen and oxygen atoms in total. The maximum absolute atomic E-state index is 12.4. The molecule has 6 N–H and O–H groups in total. The number of esters is 1. The molecule has 2 fully saturated rings. The molecular weight excluding hydrogens is 397 g/mol. The predicted molar refractivity (Wildman–Crippen MR) is 106 cm³/mol. The van der Waals surface area contributed by atoms with Gasteiger partial charge in [-0.25, -0.2) is 4.79 Å². The van der Waals surface area contributed by atoms with Gasteiger partial charge in [0.25, 0.3) is 0 Å². The molecule has 30 heavy (non-hydrogen) atoms. The predicted octanol–water partition coefficient (Wildman–Crippen LogP) is -0.633. The number of carboxylic acids is 1. The number of likely N-dealkylation sites (tertiary alicyclic amines) is 1. The number of nitrogens with one attached hydrogen (secondary N) is 1. The number of aliphatic carboxylic acids is 1. The molecule has 170 valence electrons. The number of hydrogen-bond acceptors (Lipinski definition) is 9. The Morgan fingerprint density at radius 1 is 1.27 bits per heavy atom. The highest BCUT2D eigenvalue weighted by Crippen LogP contribution is 2.41. The second kappa shape index (κ2) is 10.4. The molecule has 1 amide bonds. The summed E-state index contributed by atoms with van der Waals surface area (Å²) < 4.78 is 9.93. The zero-order valence-electron chi connectivity index (χ0n) is 17.5. The second-order valence-corrected chi connectivity index (χ2v) is 8.30. The second-order valence-electron chi connectivity index (χ2n) is 8.30. The first kappa shape index (κ1) is 24.4. The fourth-order valence-electron chi connectivity index (χ4n) is 4.26. The molecule has 2 aliphatic heterocycles. The summed E-state index contributed by atoms with van der Waals surface area (Å²) in [6, 6.07) is -1.15. The number of ether oxygens (including phenoxy) is 2. The normalized spacial score (nSPS) is 26.4. The maximum Gasteiger partial charge on any atom is 0.451 e. The van der Waals surface area contributed by atoms with Crippen molar-refractivity contribution in [3.63, 3.8) is 0 Å². The van der Waals surface area contributed by atoms with Crippen LogP contribution in [-0.2, 0) is 19.1 Å². The van der Waals surface area contributed by atoms with Crippen LogP contribution >= 0.6 is 0 Å². The molecule has 2 aliphatic rings. The Bertz CT molecular complexity index is 635. The molecule has 2 rings (SSSR count). The van der Waals surface area contributed by atoms with Gasteiger partial charge in [0.15, 0.2) is 0 Å². The minimum atomic E-state index is -1.41. The SMILES string of the molecule is CC(C)C(N)C(=O)OCOC(=O)N1CC[C@H]2[C@@H]1CN[C@@]2(CCCCB(O)O)C(=O)O. The van der Waals surface area contributed by atoms with Crippen molar-refractivity contribution >= 4 is 25.2 Å². The maximum atomic E-state index is 12.4. The summed E-state index contributed by atoms with van der Waals surface area (Å²) in [7, 11) is -1.41. The van der Waals surface area contributed by atoms with E-state index in [1.807, 2.05) is 0 Å². The van der Waals surface area contributed by atoms with E-state index in [0.717, 1.165) is 0 Å². The van der Waals surface area contributed by atoms with E-state index < -0.39 is 43.5 Å². The first-order valence-electron chi connectivity index (χ1n) is 10.3. The lowest BCUT2D eigenvalue weighted by molar-refractivity contribution is -0.155. The molecule has 2 heterocycles. The third kappa shape index (κ3) is 5.42. The van der Waals surface area contributed by atoms with Gasteiger partial charge in [-0.05, 0) is 25.1 Å². The molecule has 0 aliphatic carbocycles. The minimum Gasteiger partial charge on any atom is -0.480 e. The van der Waals surface area contributed by atoms with Gasteiger partial charge in [-0.2, -0.15) is 0 Å². The highest BCUT2D eigenvalue weighted by Gasteiger charge is 2.58. The van der Waals surface area contributed by atoms with E-state index in [0.29, 0.717) is 38.8 Å². The van der Waals surface area contributed by atoms with E-state index in [9.17, 15) is 19.5 Å². The Morgan fingerprint density at radius 2 is 1.97 bits per heavy atom. The Labute approximate surface area is 176 Å². The van der Waals surface area contributed by atoms with Gasteiger partial charge in [0, 0.05) is 19.0 Å². The number of rotatable bonds is 10. The molecule has 4 atom stereocenters. The number of nitrogens with zero attached hydrogens (tertiary/aromatic N) is 1. The largest absolute Gasteiger partial charge is 0.480 e. The molecule has 0 aromatic rings. The highest BCUT2D eigenvalue weighted by atomic mass is 16.7. The van der Waals surface area contributed by atoms with Crippen LogP contribution in [0.2, 0.25) is 6.32 Å². The monoisotopic (exact) mass is 429 g/mol. The summed E-state index contributed by atoms with van der Waals surface area (Å²) in [5, 5.41) is 30.9. The van der Waals surface area contributed by atoms with Crippen LogP contribution in [0.3, 0.4) is 0 Å². The van der Waals surface area contributed by atoms with Crippen LogP contribution in [-0.4, -0.2) is 82.7 Å². The van der Waals surface area contributed by atoms with Gasteiger partial charge in [0.05, 0.1) is 6.04 Å². The van der Waals surface area contributed by atoms with Crippen LogP contribution in [0.25, 0.3) is 0 Å². The molecule has 0 bridgehead atoms. The molecule has 0 aromatic heterocycles. The molecule has 0 spiro atoms. The number of carboxylic acid groups (broad SMARTS) is 1. The molecule has 0 aromatic carbocycles. The standard InChI is InChI=1S/C18H32BN3O8/c1-11(2)14(20)15(23)29-10-30-17(26)22-8-5-12-13(22)9-21-18(12,16(24)25)6-3-4-7-19(27)28/h11-14,21,27-28H,3-10,20H2,1-2H3,(H,24,25)/t12-,13-,14?,18+/m0/s1. The third-order valence-electron chi connectivity index (χ3n) is 6.08. The number of hydrogen-bond donors (Lipinski definition) is 5. The van der Waals surface area contributed by atoms with Crippen LogP contribution in [0.1, 0.15) is 39.5 Å². The van der Waals surface area contributed by atoms with E-state index in [-0.39, 0.29) is 24.2 Å². The van der Waals surface area contributed by atoms with Crippen LogP contribution in [0.15, 0.2) is 0 Å². The number of amides is 1. The smallest absolute Gasteiger partial charge is 0.451 e. The lowest BCUT2D eigenvalue weighted by atomic mass is 9.77. The molecule has 0 radical (unpaired) electrons. The average molecular weight is 429 g/mol. The number of carbonyl (C=O) groups is 3. The van der Waals surface area contributed by atoms with E-state index in [4.69, 9.17) is 25.3 Å². The summed E-state index contributed by atoms with van der Waals surface area (Å²) >= 11 is 0. The van der Waals surface area contributed by atoms with Crippen molar-refractivity contribution in [2.24, 2.45) is 17.6 Å². The average Bonchev–Trinajstić information content (AvgIpc) is 3.25. The fourth-order valence-corrected chi connectivity index (χ4v) is 4.26. The van der Waals surface area contributed by atoms with Crippen molar-refractivity contribution in [2.45, 2.75) is 63.5 Å². The molecular formula is C18H32BN3O8. The fraction of sp³-hybridized carbons (Fsp3) is 0.833. The summed E-state index contributed by atoms with van der Waals surface area (Å²) in [4.78, 5) is 37.7. The first-order valence-corrected chi connectivity index (χ1v) is 10.3. The van der Waals surface area contributed by atoms with Gasteiger partial charge < -0.3 is 35.3 Å². The summed E-state index contributed by atoms with van der Waals surface area (Å²) in [6.07, 6.45) is 1.34. The van der Waals surface area contributed by atoms with E-state index in [1.165, 1.54) is 4.90 Å².